The van der Waals surface area contributed by atoms with E-state index in [1.807, 2.05) is 18.2 Å². The summed E-state index contributed by atoms with van der Waals surface area (Å²) in [6.07, 6.45) is 0. The average molecular weight is 338 g/mol. The van der Waals surface area contributed by atoms with Gasteiger partial charge in [-0.05, 0) is 41.5 Å². The number of benzene rings is 2. The predicted octanol–water partition coefficient (Wildman–Crippen LogP) is 4.12. The molecule has 0 radical (unpaired) electrons. The second-order valence-electron chi connectivity index (χ2n) is 4.82. The maximum Gasteiger partial charge on any atom is 0.0494 e. The molecule has 0 fully saturated rings. The highest BCUT2D eigenvalue weighted by Crippen LogP contribution is 2.36. The zero-order chi connectivity index (χ0) is 13.4. The Hall–Kier alpha value is -1.03. The summed E-state index contributed by atoms with van der Waals surface area (Å²) in [5, 5.41) is 0.775. The lowest BCUT2D eigenvalue weighted by molar-refractivity contribution is 0.720. The fraction of sp³-hybridized carbons (Fsp3) is 0.200. The highest BCUT2D eigenvalue weighted by Gasteiger charge is 2.25. The van der Waals surface area contributed by atoms with Crippen molar-refractivity contribution in [2.45, 2.75) is 12.6 Å². The van der Waals surface area contributed by atoms with Crippen LogP contribution in [0.25, 0.3) is 0 Å². The van der Waals surface area contributed by atoms with E-state index in [9.17, 15) is 0 Å². The summed E-state index contributed by atoms with van der Waals surface area (Å²) in [4.78, 5) is 2.30. The van der Waals surface area contributed by atoms with Crippen LogP contribution < -0.4 is 10.6 Å². The van der Waals surface area contributed by atoms with Crippen molar-refractivity contribution < 1.29 is 0 Å². The molecule has 19 heavy (non-hydrogen) atoms. The van der Waals surface area contributed by atoms with E-state index in [2.05, 4.69) is 45.1 Å². The maximum absolute atomic E-state index is 6.20. The van der Waals surface area contributed by atoms with E-state index < -0.39 is 0 Å². The van der Waals surface area contributed by atoms with Crippen molar-refractivity contribution in [3.05, 3.63) is 63.1 Å². The summed E-state index contributed by atoms with van der Waals surface area (Å²) in [7, 11) is 0. The number of nitrogens with two attached hydrogens (primary N) is 1. The first-order valence-electron chi connectivity index (χ1n) is 6.18. The molecule has 0 aromatic heterocycles. The number of hydrogen-bond donors (Lipinski definition) is 1. The van der Waals surface area contributed by atoms with E-state index in [-0.39, 0.29) is 6.04 Å². The van der Waals surface area contributed by atoms with Gasteiger partial charge in [-0.2, -0.15) is 0 Å². The van der Waals surface area contributed by atoms with E-state index >= 15 is 0 Å². The van der Waals surface area contributed by atoms with Gasteiger partial charge in [-0.25, -0.2) is 0 Å². The second kappa shape index (κ2) is 5.16. The molecule has 0 spiro atoms. The molecule has 0 saturated carbocycles. The third-order valence-corrected chi connectivity index (χ3v) is 4.14. The summed E-state index contributed by atoms with van der Waals surface area (Å²) in [6, 6.07) is 14.3. The molecule has 1 aliphatic rings. The van der Waals surface area contributed by atoms with Gasteiger partial charge in [0.25, 0.3) is 0 Å². The summed E-state index contributed by atoms with van der Waals surface area (Å²) < 4.78 is 1.08. The third kappa shape index (κ3) is 2.64. The second-order valence-corrected chi connectivity index (χ2v) is 6.17. The SMILES string of the molecule is N[C@@H]1CN(Cc2cccc(Cl)c2)c2ccc(Br)cc21. The van der Waals surface area contributed by atoms with Gasteiger partial charge < -0.3 is 10.6 Å². The minimum absolute atomic E-state index is 0.0756. The van der Waals surface area contributed by atoms with Gasteiger partial charge in [-0.3, -0.25) is 0 Å². The van der Waals surface area contributed by atoms with Gasteiger partial charge in [-0.15, -0.1) is 0 Å². The molecule has 3 rings (SSSR count). The van der Waals surface area contributed by atoms with Crippen LogP contribution in [-0.2, 0) is 6.54 Å². The summed E-state index contributed by atoms with van der Waals surface area (Å²) in [6.45, 7) is 1.68. The van der Waals surface area contributed by atoms with Crippen molar-refractivity contribution >= 4 is 33.2 Å². The average Bonchev–Trinajstić information content (AvgIpc) is 2.66. The maximum atomic E-state index is 6.20. The van der Waals surface area contributed by atoms with Crippen LogP contribution >= 0.6 is 27.5 Å². The predicted molar refractivity (Wildman–Crippen MR) is 83.6 cm³/mol. The molecule has 2 aromatic rings. The molecule has 2 nitrogen and oxygen atoms in total. The number of fused-ring (bicyclic) bond motifs is 1. The van der Waals surface area contributed by atoms with Crippen LogP contribution in [0.2, 0.25) is 5.02 Å². The smallest absolute Gasteiger partial charge is 0.0494 e. The van der Waals surface area contributed by atoms with Crippen molar-refractivity contribution in [2.24, 2.45) is 5.73 Å². The zero-order valence-corrected chi connectivity index (χ0v) is 12.7. The van der Waals surface area contributed by atoms with Crippen molar-refractivity contribution in [2.75, 3.05) is 11.4 Å². The van der Waals surface area contributed by atoms with E-state index in [4.69, 9.17) is 17.3 Å². The van der Waals surface area contributed by atoms with Gasteiger partial charge in [0.1, 0.15) is 0 Å². The van der Waals surface area contributed by atoms with Gasteiger partial charge in [0.15, 0.2) is 0 Å². The van der Waals surface area contributed by atoms with Gasteiger partial charge in [0, 0.05) is 34.3 Å². The lowest BCUT2D eigenvalue weighted by Crippen LogP contribution is -2.23. The molecule has 0 amide bonds. The lowest BCUT2D eigenvalue weighted by Gasteiger charge is -2.19. The standard InChI is InChI=1S/C15H14BrClN2/c16-11-4-5-15-13(7-11)14(18)9-19(15)8-10-2-1-3-12(17)6-10/h1-7,14H,8-9,18H2/t14-/m1/s1. The van der Waals surface area contributed by atoms with E-state index in [0.29, 0.717) is 0 Å². The Balaban J connectivity index is 1.89. The van der Waals surface area contributed by atoms with Crippen LogP contribution in [0.5, 0.6) is 0 Å². The Kier molecular flexibility index (Phi) is 3.52. The summed E-state index contributed by atoms with van der Waals surface area (Å²) in [5.74, 6) is 0. The lowest BCUT2D eigenvalue weighted by atomic mass is 10.1. The molecule has 0 saturated heterocycles. The molecular weight excluding hydrogens is 324 g/mol. The molecular formula is C15H14BrClN2. The molecule has 0 aliphatic carbocycles. The Labute approximate surface area is 126 Å². The number of nitrogens with zero attached hydrogens (tertiary/aromatic N) is 1. The van der Waals surface area contributed by atoms with Crippen LogP contribution in [-0.4, -0.2) is 6.54 Å². The molecule has 0 unspecified atom stereocenters. The van der Waals surface area contributed by atoms with E-state index in [0.717, 1.165) is 22.6 Å². The van der Waals surface area contributed by atoms with E-state index in [1.165, 1.54) is 16.8 Å². The van der Waals surface area contributed by atoms with Crippen LogP contribution in [0.15, 0.2) is 46.9 Å². The topological polar surface area (TPSA) is 29.3 Å². The first-order chi connectivity index (χ1) is 9.13. The van der Waals surface area contributed by atoms with Crippen LogP contribution in [0, 0.1) is 0 Å². The highest BCUT2D eigenvalue weighted by molar-refractivity contribution is 9.10. The number of halogens is 2. The van der Waals surface area contributed by atoms with Crippen molar-refractivity contribution in [3.63, 3.8) is 0 Å². The highest BCUT2D eigenvalue weighted by atomic mass is 79.9. The number of rotatable bonds is 2. The molecule has 1 heterocycles. The number of hydrogen-bond acceptors (Lipinski definition) is 2. The Morgan fingerprint density at radius 3 is 2.89 bits per heavy atom. The number of anilines is 1. The van der Waals surface area contributed by atoms with Crippen LogP contribution in [0.1, 0.15) is 17.2 Å². The molecule has 0 bridgehead atoms. The van der Waals surface area contributed by atoms with Crippen molar-refractivity contribution in [3.8, 4) is 0 Å². The first kappa shape index (κ1) is 13.0. The minimum Gasteiger partial charge on any atom is -0.365 e. The van der Waals surface area contributed by atoms with Gasteiger partial charge in [-0.1, -0.05) is 39.7 Å². The minimum atomic E-state index is 0.0756. The Morgan fingerprint density at radius 1 is 1.26 bits per heavy atom. The molecule has 1 atom stereocenters. The first-order valence-corrected chi connectivity index (χ1v) is 7.35. The molecule has 2 aromatic carbocycles. The summed E-state index contributed by atoms with van der Waals surface area (Å²) in [5.41, 5.74) is 9.83. The quantitative estimate of drug-likeness (QED) is 0.893. The summed E-state index contributed by atoms with van der Waals surface area (Å²) >= 11 is 9.53. The van der Waals surface area contributed by atoms with Crippen LogP contribution in [0.3, 0.4) is 0 Å². The fourth-order valence-corrected chi connectivity index (χ4v) is 3.14. The van der Waals surface area contributed by atoms with Gasteiger partial charge in [0.2, 0.25) is 0 Å². The van der Waals surface area contributed by atoms with Gasteiger partial charge in [0.05, 0.1) is 0 Å². The zero-order valence-electron chi connectivity index (χ0n) is 10.3. The molecule has 4 heteroatoms. The van der Waals surface area contributed by atoms with E-state index in [1.54, 1.807) is 0 Å². The Morgan fingerprint density at radius 2 is 2.11 bits per heavy atom. The van der Waals surface area contributed by atoms with Crippen LogP contribution in [0.4, 0.5) is 5.69 Å². The van der Waals surface area contributed by atoms with Gasteiger partial charge >= 0.3 is 0 Å². The monoisotopic (exact) mass is 336 g/mol. The van der Waals surface area contributed by atoms with Crippen molar-refractivity contribution in [1.29, 1.82) is 0 Å². The molecule has 98 valence electrons. The van der Waals surface area contributed by atoms with Crippen molar-refractivity contribution in [1.82, 2.24) is 0 Å². The molecule has 1 aliphatic heterocycles. The third-order valence-electron chi connectivity index (χ3n) is 3.41. The fourth-order valence-electron chi connectivity index (χ4n) is 2.55. The normalized spacial score (nSPS) is 17.6. The molecule has 2 N–H and O–H groups in total. The Bertz CT molecular complexity index is 615. The largest absolute Gasteiger partial charge is 0.365 e.